The molecular formula is C28H33N5O. The minimum atomic E-state index is 0.112. The van der Waals surface area contributed by atoms with Gasteiger partial charge in [0.2, 0.25) is 5.91 Å². The molecule has 0 unspecified atom stereocenters. The fraction of sp³-hybridized carbons (Fsp3) is 0.286. The molecule has 0 aliphatic heterocycles. The molecule has 0 radical (unpaired) electrons. The lowest BCUT2D eigenvalue weighted by Crippen LogP contribution is -2.31. The molecule has 4 rings (SSSR count). The van der Waals surface area contributed by atoms with Gasteiger partial charge in [-0.2, -0.15) is 0 Å². The van der Waals surface area contributed by atoms with E-state index in [1.807, 2.05) is 23.1 Å². The molecule has 3 aromatic carbocycles. The molecule has 0 fully saturated rings. The Labute approximate surface area is 200 Å². The highest BCUT2D eigenvalue weighted by molar-refractivity contribution is 5.84. The van der Waals surface area contributed by atoms with Gasteiger partial charge in [-0.15, -0.1) is 0 Å². The normalized spacial score (nSPS) is 11.1. The van der Waals surface area contributed by atoms with Crippen molar-refractivity contribution < 1.29 is 4.79 Å². The molecule has 34 heavy (non-hydrogen) atoms. The Kier molecular flexibility index (Phi) is 7.81. The zero-order valence-electron chi connectivity index (χ0n) is 19.5. The summed E-state index contributed by atoms with van der Waals surface area (Å²) in [6.07, 6.45) is 5.99. The van der Waals surface area contributed by atoms with Gasteiger partial charge in [-0.05, 0) is 59.7 Å². The third-order valence-corrected chi connectivity index (χ3v) is 6.18. The van der Waals surface area contributed by atoms with Gasteiger partial charge < -0.3 is 21.4 Å². The fourth-order valence-electron chi connectivity index (χ4n) is 4.40. The quantitative estimate of drug-likeness (QED) is 0.173. The van der Waals surface area contributed by atoms with Gasteiger partial charge in [0.25, 0.3) is 0 Å². The van der Waals surface area contributed by atoms with Crippen molar-refractivity contribution >= 4 is 33.5 Å². The predicted octanol–water partition coefficient (Wildman–Crippen LogP) is 4.73. The highest BCUT2D eigenvalue weighted by Crippen LogP contribution is 2.21. The van der Waals surface area contributed by atoms with Crippen LogP contribution in [0, 0.1) is 0 Å². The molecular weight excluding hydrogens is 422 g/mol. The Hall–Kier alpha value is -3.80. The number of rotatable bonds is 11. The first-order chi connectivity index (χ1) is 16.6. The van der Waals surface area contributed by atoms with Crippen LogP contribution in [0.25, 0.3) is 21.7 Å². The molecule has 6 heteroatoms. The minimum absolute atomic E-state index is 0.112. The van der Waals surface area contributed by atoms with Crippen molar-refractivity contribution in [1.82, 2.24) is 9.88 Å². The second kappa shape index (κ2) is 11.4. The zero-order chi connectivity index (χ0) is 23.8. The summed E-state index contributed by atoms with van der Waals surface area (Å²) < 4.78 is 0. The third kappa shape index (κ3) is 6.16. The van der Waals surface area contributed by atoms with Gasteiger partial charge in [0.15, 0.2) is 5.96 Å². The van der Waals surface area contributed by atoms with Crippen molar-refractivity contribution in [3.63, 3.8) is 0 Å². The first kappa shape index (κ1) is 23.4. The number of hydrogen-bond donors (Lipinski definition) is 3. The van der Waals surface area contributed by atoms with Gasteiger partial charge in [-0.25, -0.2) is 0 Å². The average Bonchev–Trinajstić information content (AvgIpc) is 3.26. The molecule has 1 amide bonds. The van der Waals surface area contributed by atoms with Crippen molar-refractivity contribution in [2.75, 3.05) is 13.1 Å². The monoisotopic (exact) mass is 455 g/mol. The SMILES string of the molecule is NC(N)=NCCCCN(Cc1ccc2ccccc2c1)C(=O)CCCc1c[nH]c2ccccc12. The lowest BCUT2D eigenvalue weighted by atomic mass is 10.1. The molecule has 0 spiro atoms. The Bertz CT molecular complexity index is 1270. The molecule has 1 aromatic heterocycles. The molecule has 5 N–H and O–H groups in total. The highest BCUT2D eigenvalue weighted by Gasteiger charge is 2.15. The molecule has 1 heterocycles. The summed E-state index contributed by atoms with van der Waals surface area (Å²) in [5.41, 5.74) is 14.4. The van der Waals surface area contributed by atoms with E-state index >= 15 is 0 Å². The van der Waals surface area contributed by atoms with E-state index in [-0.39, 0.29) is 11.9 Å². The predicted molar refractivity (Wildman–Crippen MR) is 141 cm³/mol. The number of fused-ring (bicyclic) bond motifs is 2. The number of aromatic nitrogens is 1. The Morgan fingerprint density at radius 2 is 1.71 bits per heavy atom. The summed E-state index contributed by atoms with van der Waals surface area (Å²) in [5.74, 6) is 0.302. The maximum absolute atomic E-state index is 13.2. The first-order valence-electron chi connectivity index (χ1n) is 12.0. The largest absolute Gasteiger partial charge is 0.370 e. The van der Waals surface area contributed by atoms with Crippen LogP contribution in [-0.4, -0.2) is 34.8 Å². The summed E-state index contributed by atoms with van der Waals surface area (Å²) in [6, 6.07) is 23.0. The third-order valence-electron chi connectivity index (χ3n) is 6.18. The molecule has 0 atom stereocenters. The van der Waals surface area contributed by atoms with Crippen LogP contribution in [0.3, 0.4) is 0 Å². The van der Waals surface area contributed by atoms with Crippen LogP contribution in [0.4, 0.5) is 0 Å². The van der Waals surface area contributed by atoms with E-state index in [4.69, 9.17) is 11.5 Å². The van der Waals surface area contributed by atoms with E-state index in [0.717, 1.165) is 36.8 Å². The van der Waals surface area contributed by atoms with Gasteiger partial charge in [0.05, 0.1) is 0 Å². The molecule has 6 nitrogen and oxygen atoms in total. The van der Waals surface area contributed by atoms with Crippen molar-refractivity contribution in [2.45, 2.75) is 38.6 Å². The van der Waals surface area contributed by atoms with Gasteiger partial charge in [-0.1, -0.05) is 54.6 Å². The minimum Gasteiger partial charge on any atom is -0.370 e. The summed E-state index contributed by atoms with van der Waals surface area (Å²) in [5, 5.41) is 3.64. The number of aliphatic imine (C=N–C) groups is 1. The van der Waals surface area contributed by atoms with Crippen molar-refractivity contribution in [2.24, 2.45) is 16.5 Å². The number of unbranched alkanes of at least 4 members (excludes halogenated alkanes) is 1. The van der Waals surface area contributed by atoms with E-state index < -0.39 is 0 Å². The summed E-state index contributed by atoms with van der Waals surface area (Å²) in [6.45, 7) is 1.89. The van der Waals surface area contributed by atoms with Crippen molar-refractivity contribution in [1.29, 1.82) is 0 Å². The van der Waals surface area contributed by atoms with Crippen LogP contribution >= 0.6 is 0 Å². The van der Waals surface area contributed by atoms with Gasteiger partial charge in [0, 0.05) is 43.2 Å². The molecule has 176 valence electrons. The zero-order valence-corrected chi connectivity index (χ0v) is 19.5. The number of nitrogens with two attached hydrogens (primary N) is 2. The number of carbonyl (C=O) groups is 1. The number of para-hydroxylation sites is 1. The molecule has 0 aliphatic carbocycles. The van der Waals surface area contributed by atoms with Crippen LogP contribution < -0.4 is 11.5 Å². The summed E-state index contributed by atoms with van der Waals surface area (Å²) in [4.78, 5) is 22.6. The lowest BCUT2D eigenvalue weighted by molar-refractivity contribution is -0.132. The van der Waals surface area contributed by atoms with Crippen LogP contribution in [0.2, 0.25) is 0 Å². The number of H-pyrrole nitrogens is 1. The number of carbonyl (C=O) groups excluding carboxylic acids is 1. The lowest BCUT2D eigenvalue weighted by Gasteiger charge is -2.23. The number of guanidine groups is 1. The highest BCUT2D eigenvalue weighted by atomic mass is 16.2. The average molecular weight is 456 g/mol. The van der Waals surface area contributed by atoms with E-state index in [2.05, 4.69) is 64.7 Å². The maximum atomic E-state index is 13.2. The van der Waals surface area contributed by atoms with Gasteiger partial charge in [-0.3, -0.25) is 9.79 Å². The number of nitrogens with one attached hydrogen (secondary N) is 1. The number of amides is 1. The second-order valence-electron chi connectivity index (χ2n) is 8.72. The van der Waals surface area contributed by atoms with Gasteiger partial charge in [0.1, 0.15) is 0 Å². The van der Waals surface area contributed by atoms with Crippen molar-refractivity contribution in [3.8, 4) is 0 Å². The number of nitrogens with zero attached hydrogens (tertiary/aromatic N) is 2. The topological polar surface area (TPSA) is 100 Å². The van der Waals surface area contributed by atoms with Crippen LogP contribution in [0.1, 0.15) is 36.8 Å². The number of benzene rings is 3. The van der Waals surface area contributed by atoms with Crippen molar-refractivity contribution in [3.05, 3.63) is 84.1 Å². The van der Waals surface area contributed by atoms with E-state index in [1.54, 1.807) is 0 Å². The fourth-order valence-corrected chi connectivity index (χ4v) is 4.40. The molecule has 0 bridgehead atoms. The molecule has 0 saturated carbocycles. The molecule has 0 saturated heterocycles. The summed E-state index contributed by atoms with van der Waals surface area (Å²) >= 11 is 0. The van der Waals surface area contributed by atoms with E-state index in [1.165, 1.54) is 21.7 Å². The number of hydrogen-bond acceptors (Lipinski definition) is 2. The smallest absolute Gasteiger partial charge is 0.222 e. The van der Waals surface area contributed by atoms with Crippen LogP contribution in [0.5, 0.6) is 0 Å². The Morgan fingerprint density at radius 1 is 0.912 bits per heavy atom. The molecule has 4 aromatic rings. The van der Waals surface area contributed by atoms with Gasteiger partial charge >= 0.3 is 0 Å². The second-order valence-corrected chi connectivity index (χ2v) is 8.72. The molecule has 0 aliphatic rings. The Morgan fingerprint density at radius 3 is 2.56 bits per heavy atom. The van der Waals surface area contributed by atoms with Crippen LogP contribution in [-0.2, 0) is 17.8 Å². The maximum Gasteiger partial charge on any atom is 0.222 e. The summed E-state index contributed by atoms with van der Waals surface area (Å²) in [7, 11) is 0. The van der Waals surface area contributed by atoms with E-state index in [0.29, 0.717) is 26.1 Å². The standard InChI is InChI=1S/C28H33N5O/c29-28(30)31-16-5-6-17-33(20-21-14-15-22-8-1-2-9-23(22)18-21)27(34)13-7-10-24-19-32-26-12-4-3-11-25(24)26/h1-4,8-9,11-12,14-15,18-19,32H,5-7,10,13,16-17,20H2,(H4,29,30,31). The Balaban J connectivity index is 1.39. The number of aryl methyl sites for hydroxylation is 1. The first-order valence-corrected chi connectivity index (χ1v) is 12.0. The van der Waals surface area contributed by atoms with Crippen LogP contribution in [0.15, 0.2) is 77.9 Å². The van der Waals surface area contributed by atoms with E-state index in [9.17, 15) is 4.79 Å². The number of aromatic amines is 1.